The van der Waals surface area contributed by atoms with Crippen molar-refractivity contribution in [3.05, 3.63) is 0 Å². The molecule has 2 heteroatoms. The Morgan fingerprint density at radius 1 is 1.05 bits per heavy atom. The van der Waals surface area contributed by atoms with Gasteiger partial charge in [0.1, 0.15) is 0 Å². The van der Waals surface area contributed by atoms with Gasteiger partial charge in [-0.25, -0.2) is 0 Å². The summed E-state index contributed by atoms with van der Waals surface area (Å²) >= 11 is 0. The Morgan fingerprint density at radius 2 is 1.74 bits per heavy atom. The molecular weight excluding hydrogens is 234 g/mol. The van der Waals surface area contributed by atoms with Crippen LogP contribution in [0, 0.1) is 11.8 Å². The zero-order chi connectivity index (χ0) is 14.7. The summed E-state index contributed by atoms with van der Waals surface area (Å²) in [5.74, 6) is 1.41. The molecule has 19 heavy (non-hydrogen) atoms. The molecule has 1 N–H and O–H groups in total. The topological polar surface area (TPSA) is 21.3 Å². The molecule has 0 radical (unpaired) electrons. The van der Waals surface area contributed by atoms with Crippen molar-refractivity contribution in [2.75, 3.05) is 13.7 Å². The highest BCUT2D eigenvalue weighted by Crippen LogP contribution is 2.23. The average molecular weight is 271 g/mol. The summed E-state index contributed by atoms with van der Waals surface area (Å²) in [6.07, 6.45) is 8.11. The Kier molecular flexibility index (Phi) is 11.7. The zero-order valence-electron chi connectivity index (χ0n) is 14.2. The first kappa shape index (κ1) is 18.9. The van der Waals surface area contributed by atoms with Gasteiger partial charge in [-0.15, -0.1) is 0 Å². The van der Waals surface area contributed by atoms with Gasteiger partial charge in [0.25, 0.3) is 0 Å². The van der Waals surface area contributed by atoms with E-state index in [-0.39, 0.29) is 0 Å². The van der Waals surface area contributed by atoms with Gasteiger partial charge in [-0.3, -0.25) is 0 Å². The van der Waals surface area contributed by atoms with Crippen molar-refractivity contribution in [1.82, 2.24) is 5.32 Å². The van der Waals surface area contributed by atoms with Crippen LogP contribution >= 0.6 is 0 Å². The molecule has 0 aromatic rings. The number of hydrogen-bond acceptors (Lipinski definition) is 2. The van der Waals surface area contributed by atoms with Crippen molar-refractivity contribution in [3.63, 3.8) is 0 Å². The van der Waals surface area contributed by atoms with Gasteiger partial charge >= 0.3 is 0 Å². The van der Waals surface area contributed by atoms with E-state index < -0.39 is 0 Å². The van der Waals surface area contributed by atoms with Gasteiger partial charge in [-0.05, 0) is 31.2 Å². The Balaban J connectivity index is 4.52. The van der Waals surface area contributed by atoms with Gasteiger partial charge in [0.2, 0.25) is 0 Å². The van der Waals surface area contributed by atoms with E-state index in [1.54, 1.807) is 0 Å². The average Bonchev–Trinajstić information content (AvgIpc) is 2.40. The number of nitrogens with one attached hydrogen (secondary N) is 1. The second-order valence-electron chi connectivity index (χ2n) is 6.16. The molecule has 0 aromatic carbocycles. The molecule has 0 aliphatic heterocycles. The summed E-state index contributed by atoms with van der Waals surface area (Å²) in [6, 6.07) is 0.506. The minimum Gasteiger partial charge on any atom is -0.380 e. The summed E-state index contributed by atoms with van der Waals surface area (Å²) < 4.78 is 5.76. The number of methoxy groups -OCH3 is 1. The summed E-state index contributed by atoms with van der Waals surface area (Å²) in [4.78, 5) is 0. The summed E-state index contributed by atoms with van der Waals surface area (Å²) in [5, 5.41) is 3.72. The predicted molar refractivity (Wildman–Crippen MR) is 85.6 cm³/mol. The highest BCUT2D eigenvalue weighted by molar-refractivity contribution is 4.82. The Bertz CT molecular complexity index is 194. The number of hydrogen-bond donors (Lipinski definition) is 1. The molecule has 0 aromatic heterocycles. The van der Waals surface area contributed by atoms with Crippen LogP contribution in [0.1, 0.15) is 73.1 Å². The zero-order valence-corrected chi connectivity index (χ0v) is 14.2. The number of ether oxygens (including phenoxy) is 1. The molecule has 0 amide bonds. The maximum Gasteiger partial charge on any atom is 0.0747 e. The molecule has 0 saturated carbocycles. The molecule has 0 aliphatic carbocycles. The minimum absolute atomic E-state index is 0.335. The molecule has 0 bridgehead atoms. The molecule has 0 aliphatic rings. The summed E-state index contributed by atoms with van der Waals surface area (Å²) in [7, 11) is 1.86. The molecule has 3 unspecified atom stereocenters. The fourth-order valence-corrected chi connectivity index (χ4v) is 2.90. The van der Waals surface area contributed by atoms with E-state index in [0.29, 0.717) is 18.1 Å². The normalized spacial score (nSPS) is 16.6. The van der Waals surface area contributed by atoms with Crippen molar-refractivity contribution >= 4 is 0 Å². The smallest absolute Gasteiger partial charge is 0.0747 e. The molecule has 0 fully saturated rings. The van der Waals surface area contributed by atoms with Gasteiger partial charge in [-0.2, -0.15) is 0 Å². The Hall–Kier alpha value is -0.0800. The van der Waals surface area contributed by atoms with Crippen molar-refractivity contribution in [3.8, 4) is 0 Å². The summed E-state index contributed by atoms with van der Waals surface area (Å²) in [5.41, 5.74) is 0. The van der Waals surface area contributed by atoms with E-state index in [4.69, 9.17) is 4.74 Å². The highest BCUT2D eigenvalue weighted by atomic mass is 16.5. The first-order valence-electron chi connectivity index (χ1n) is 8.36. The predicted octanol–water partition coefficient (Wildman–Crippen LogP) is 4.63. The van der Waals surface area contributed by atoms with E-state index in [9.17, 15) is 0 Å². The van der Waals surface area contributed by atoms with Gasteiger partial charge in [-0.1, -0.05) is 60.3 Å². The van der Waals surface area contributed by atoms with Gasteiger partial charge < -0.3 is 10.1 Å². The molecule has 0 saturated heterocycles. The molecule has 0 spiro atoms. The van der Waals surface area contributed by atoms with Crippen molar-refractivity contribution in [1.29, 1.82) is 0 Å². The minimum atomic E-state index is 0.335. The maximum absolute atomic E-state index is 5.76. The van der Waals surface area contributed by atoms with Crippen LogP contribution in [0.5, 0.6) is 0 Å². The van der Waals surface area contributed by atoms with Gasteiger partial charge in [0, 0.05) is 13.2 Å². The van der Waals surface area contributed by atoms with Crippen LogP contribution in [0.15, 0.2) is 0 Å². The molecule has 0 rings (SSSR count). The number of unbranched alkanes of at least 4 members (excludes halogenated alkanes) is 1. The second kappa shape index (κ2) is 11.7. The van der Waals surface area contributed by atoms with E-state index in [1.807, 2.05) is 7.11 Å². The second-order valence-corrected chi connectivity index (χ2v) is 6.16. The Morgan fingerprint density at radius 3 is 2.16 bits per heavy atom. The standard InChI is InChI=1S/C17H37NO/c1-7-10-11-15(9-3)13-16(18-12-8-2)17(19-6)14(4)5/h14-18H,7-13H2,1-6H3. The van der Waals surface area contributed by atoms with Crippen LogP contribution in [-0.2, 0) is 4.74 Å². The molecule has 2 nitrogen and oxygen atoms in total. The highest BCUT2D eigenvalue weighted by Gasteiger charge is 2.26. The lowest BCUT2D eigenvalue weighted by Crippen LogP contribution is -2.45. The molecule has 3 atom stereocenters. The third-order valence-corrected chi connectivity index (χ3v) is 4.11. The molecule has 0 heterocycles. The first-order chi connectivity index (χ1) is 9.10. The van der Waals surface area contributed by atoms with Crippen LogP contribution in [0.25, 0.3) is 0 Å². The van der Waals surface area contributed by atoms with E-state index >= 15 is 0 Å². The lowest BCUT2D eigenvalue weighted by molar-refractivity contribution is 0.0251. The third-order valence-electron chi connectivity index (χ3n) is 4.11. The van der Waals surface area contributed by atoms with Gasteiger partial charge in [0.15, 0.2) is 0 Å². The fourth-order valence-electron chi connectivity index (χ4n) is 2.90. The van der Waals surface area contributed by atoms with Crippen molar-refractivity contribution in [2.45, 2.75) is 85.3 Å². The fraction of sp³-hybridized carbons (Fsp3) is 1.00. The quantitative estimate of drug-likeness (QED) is 0.558. The van der Waals surface area contributed by atoms with E-state index in [0.717, 1.165) is 12.5 Å². The Labute approximate surface area is 121 Å². The molecular formula is C17H37NO. The lowest BCUT2D eigenvalue weighted by atomic mass is 9.87. The largest absolute Gasteiger partial charge is 0.380 e. The van der Waals surface area contributed by atoms with Crippen LogP contribution < -0.4 is 5.32 Å². The SMILES string of the molecule is CCCCC(CC)CC(NCCC)C(OC)C(C)C. The van der Waals surface area contributed by atoms with Crippen LogP contribution in [0.3, 0.4) is 0 Å². The number of rotatable bonds is 12. The lowest BCUT2D eigenvalue weighted by Gasteiger charge is -2.32. The molecule has 116 valence electrons. The third kappa shape index (κ3) is 7.94. The summed E-state index contributed by atoms with van der Waals surface area (Å²) in [6.45, 7) is 12.5. The monoisotopic (exact) mass is 271 g/mol. The van der Waals surface area contributed by atoms with Crippen LogP contribution in [-0.4, -0.2) is 25.8 Å². The van der Waals surface area contributed by atoms with E-state index in [2.05, 4.69) is 39.9 Å². The first-order valence-corrected chi connectivity index (χ1v) is 8.36. The maximum atomic E-state index is 5.76. The van der Waals surface area contributed by atoms with Crippen molar-refractivity contribution in [2.24, 2.45) is 11.8 Å². The van der Waals surface area contributed by atoms with Crippen LogP contribution in [0.2, 0.25) is 0 Å². The van der Waals surface area contributed by atoms with E-state index in [1.165, 1.54) is 38.5 Å². The van der Waals surface area contributed by atoms with Gasteiger partial charge in [0.05, 0.1) is 6.10 Å². The van der Waals surface area contributed by atoms with Crippen LogP contribution in [0.4, 0.5) is 0 Å². The van der Waals surface area contributed by atoms with Crippen molar-refractivity contribution < 1.29 is 4.74 Å².